The van der Waals surface area contributed by atoms with Crippen LogP contribution in [-0.2, 0) is 14.3 Å². The molecule has 0 bridgehead atoms. The molecule has 2 saturated heterocycles. The van der Waals surface area contributed by atoms with Crippen molar-refractivity contribution < 1.29 is 19.4 Å². The second-order valence-corrected chi connectivity index (χ2v) is 5.20. The van der Waals surface area contributed by atoms with Gasteiger partial charge in [-0.2, -0.15) is 0 Å². The number of amides is 1. The standard InChI is InChI=1S/C13H21NO4/c15-12(9-10-4-7-18-8-5-10)14-6-2-1-3-11(14)13(16)17/h10-11H,1-9H2,(H,16,17). The highest BCUT2D eigenvalue weighted by Gasteiger charge is 2.32. The van der Waals surface area contributed by atoms with Crippen molar-refractivity contribution in [2.75, 3.05) is 19.8 Å². The van der Waals surface area contributed by atoms with Crippen LogP contribution in [0.3, 0.4) is 0 Å². The van der Waals surface area contributed by atoms with Gasteiger partial charge in [-0.3, -0.25) is 4.79 Å². The summed E-state index contributed by atoms with van der Waals surface area (Å²) in [6.07, 6.45) is 4.72. The number of carboxylic acid groups (broad SMARTS) is 1. The molecule has 0 aromatic rings. The average molecular weight is 255 g/mol. The molecule has 102 valence electrons. The first-order chi connectivity index (χ1) is 8.68. The molecule has 2 heterocycles. The van der Waals surface area contributed by atoms with Crippen LogP contribution in [0.15, 0.2) is 0 Å². The Balaban J connectivity index is 1.91. The van der Waals surface area contributed by atoms with Crippen LogP contribution in [0.5, 0.6) is 0 Å². The van der Waals surface area contributed by atoms with Crippen LogP contribution in [0.2, 0.25) is 0 Å². The molecular formula is C13H21NO4. The quantitative estimate of drug-likeness (QED) is 0.824. The topological polar surface area (TPSA) is 66.8 Å². The van der Waals surface area contributed by atoms with E-state index in [0.29, 0.717) is 25.3 Å². The third-order valence-corrected chi connectivity index (χ3v) is 3.91. The van der Waals surface area contributed by atoms with Crippen LogP contribution in [0.4, 0.5) is 0 Å². The molecule has 0 saturated carbocycles. The second-order valence-electron chi connectivity index (χ2n) is 5.20. The number of hydrogen-bond acceptors (Lipinski definition) is 3. The van der Waals surface area contributed by atoms with Crippen LogP contribution in [0, 0.1) is 5.92 Å². The van der Waals surface area contributed by atoms with E-state index in [1.807, 2.05) is 0 Å². The summed E-state index contributed by atoms with van der Waals surface area (Å²) >= 11 is 0. The molecule has 2 rings (SSSR count). The minimum Gasteiger partial charge on any atom is -0.480 e. The molecule has 1 N–H and O–H groups in total. The van der Waals surface area contributed by atoms with Crippen LogP contribution in [0.1, 0.15) is 38.5 Å². The summed E-state index contributed by atoms with van der Waals surface area (Å²) in [4.78, 5) is 24.9. The van der Waals surface area contributed by atoms with E-state index >= 15 is 0 Å². The van der Waals surface area contributed by atoms with Gasteiger partial charge in [0.2, 0.25) is 5.91 Å². The third kappa shape index (κ3) is 3.22. The highest BCUT2D eigenvalue weighted by molar-refractivity contribution is 5.84. The predicted octanol–water partition coefficient (Wildman–Crippen LogP) is 1.27. The van der Waals surface area contributed by atoms with Crippen molar-refractivity contribution in [3.63, 3.8) is 0 Å². The Bertz CT molecular complexity index is 312. The smallest absolute Gasteiger partial charge is 0.326 e. The zero-order chi connectivity index (χ0) is 13.0. The third-order valence-electron chi connectivity index (χ3n) is 3.91. The Kier molecular flexibility index (Phi) is 4.58. The van der Waals surface area contributed by atoms with E-state index in [1.165, 1.54) is 0 Å². The summed E-state index contributed by atoms with van der Waals surface area (Å²) in [6.45, 7) is 2.04. The van der Waals surface area contributed by atoms with E-state index in [4.69, 9.17) is 9.84 Å². The van der Waals surface area contributed by atoms with Gasteiger partial charge in [0.1, 0.15) is 6.04 Å². The maximum absolute atomic E-state index is 12.2. The molecule has 1 atom stereocenters. The molecule has 0 radical (unpaired) electrons. The average Bonchev–Trinajstić information content (AvgIpc) is 2.40. The molecule has 2 aliphatic heterocycles. The Morgan fingerprint density at radius 2 is 1.89 bits per heavy atom. The number of carboxylic acids is 1. The molecule has 1 unspecified atom stereocenters. The summed E-state index contributed by atoms with van der Waals surface area (Å²) in [5, 5.41) is 9.15. The van der Waals surface area contributed by atoms with Crippen LogP contribution in [0.25, 0.3) is 0 Å². The van der Waals surface area contributed by atoms with E-state index in [2.05, 4.69) is 0 Å². The van der Waals surface area contributed by atoms with Gasteiger partial charge >= 0.3 is 5.97 Å². The molecule has 5 heteroatoms. The fourth-order valence-corrected chi connectivity index (χ4v) is 2.80. The number of ether oxygens (including phenoxy) is 1. The van der Waals surface area contributed by atoms with Crippen LogP contribution >= 0.6 is 0 Å². The highest BCUT2D eigenvalue weighted by atomic mass is 16.5. The lowest BCUT2D eigenvalue weighted by atomic mass is 9.94. The van der Waals surface area contributed by atoms with Gasteiger partial charge in [0.25, 0.3) is 0 Å². The summed E-state index contributed by atoms with van der Waals surface area (Å²) < 4.78 is 5.27. The zero-order valence-corrected chi connectivity index (χ0v) is 10.6. The van der Waals surface area contributed by atoms with Crippen molar-refractivity contribution in [2.24, 2.45) is 5.92 Å². The van der Waals surface area contributed by atoms with Crippen molar-refractivity contribution in [2.45, 2.75) is 44.6 Å². The van der Waals surface area contributed by atoms with Crippen molar-refractivity contribution in [1.29, 1.82) is 0 Å². The SMILES string of the molecule is O=C(O)C1CCCCN1C(=O)CC1CCOCC1. The maximum atomic E-state index is 12.2. The largest absolute Gasteiger partial charge is 0.480 e. The van der Waals surface area contributed by atoms with E-state index in [1.54, 1.807) is 4.90 Å². The Hall–Kier alpha value is -1.10. The van der Waals surface area contributed by atoms with Gasteiger partial charge < -0.3 is 14.7 Å². The molecule has 5 nitrogen and oxygen atoms in total. The minimum atomic E-state index is -0.866. The normalized spacial score (nSPS) is 26.0. The lowest BCUT2D eigenvalue weighted by molar-refractivity contribution is -0.152. The van der Waals surface area contributed by atoms with Crippen molar-refractivity contribution in [3.8, 4) is 0 Å². The molecule has 0 aliphatic carbocycles. The second kappa shape index (κ2) is 6.18. The summed E-state index contributed by atoms with van der Waals surface area (Å²) in [5.74, 6) is -0.494. The molecule has 1 amide bonds. The molecular weight excluding hydrogens is 234 g/mol. The number of likely N-dealkylation sites (tertiary alicyclic amines) is 1. The molecule has 18 heavy (non-hydrogen) atoms. The van der Waals surface area contributed by atoms with Gasteiger partial charge in [0.05, 0.1) is 0 Å². The van der Waals surface area contributed by atoms with E-state index in [9.17, 15) is 9.59 Å². The first-order valence-electron chi connectivity index (χ1n) is 6.78. The number of rotatable bonds is 3. The number of piperidine rings is 1. The minimum absolute atomic E-state index is 0.00833. The first kappa shape index (κ1) is 13.3. The van der Waals surface area contributed by atoms with Crippen molar-refractivity contribution >= 4 is 11.9 Å². The summed E-state index contributed by atoms with van der Waals surface area (Å²) in [7, 11) is 0. The highest BCUT2D eigenvalue weighted by Crippen LogP contribution is 2.23. The maximum Gasteiger partial charge on any atom is 0.326 e. The first-order valence-corrected chi connectivity index (χ1v) is 6.78. The number of carbonyl (C=O) groups excluding carboxylic acids is 1. The lowest BCUT2D eigenvalue weighted by Crippen LogP contribution is -2.48. The van der Waals surface area contributed by atoms with Gasteiger partial charge in [0.15, 0.2) is 0 Å². The number of nitrogens with zero attached hydrogens (tertiary/aromatic N) is 1. The molecule has 0 aromatic carbocycles. The van der Waals surface area contributed by atoms with Crippen LogP contribution in [-0.4, -0.2) is 47.7 Å². The zero-order valence-electron chi connectivity index (χ0n) is 10.6. The van der Waals surface area contributed by atoms with E-state index < -0.39 is 12.0 Å². The van der Waals surface area contributed by atoms with E-state index in [0.717, 1.165) is 38.9 Å². The molecule has 2 aliphatic rings. The molecule has 0 spiro atoms. The Labute approximate surface area is 107 Å². The monoisotopic (exact) mass is 255 g/mol. The van der Waals surface area contributed by atoms with Gasteiger partial charge in [-0.05, 0) is 38.0 Å². The van der Waals surface area contributed by atoms with Gasteiger partial charge in [-0.15, -0.1) is 0 Å². The van der Waals surface area contributed by atoms with Crippen molar-refractivity contribution in [3.05, 3.63) is 0 Å². The summed E-state index contributed by atoms with van der Waals surface area (Å²) in [6, 6.07) is -0.605. The van der Waals surface area contributed by atoms with Crippen molar-refractivity contribution in [1.82, 2.24) is 4.90 Å². The number of hydrogen-bond donors (Lipinski definition) is 1. The predicted molar refractivity (Wildman–Crippen MR) is 65.1 cm³/mol. The fourth-order valence-electron chi connectivity index (χ4n) is 2.80. The number of carbonyl (C=O) groups is 2. The van der Waals surface area contributed by atoms with E-state index in [-0.39, 0.29) is 5.91 Å². The Morgan fingerprint density at radius 3 is 2.56 bits per heavy atom. The summed E-state index contributed by atoms with van der Waals surface area (Å²) in [5.41, 5.74) is 0. The van der Waals surface area contributed by atoms with Gasteiger partial charge in [-0.25, -0.2) is 4.79 Å². The molecule has 2 fully saturated rings. The van der Waals surface area contributed by atoms with Gasteiger partial charge in [0, 0.05) is 26.2 Å². The Morgan fingerprint density at radius 1 is 1.17 bits per heavy atom. The molecule has 0 aromatic heterocycles. The fraction of sp³-hybridized carbons (Fsp3) is 0.846. The van der Waals surface area contributed by atoms with Crippen LogP contribution < -0.4 is 0 Å². The van der Waals surface area contributed by atoms with Gasteiger partial charge in [-0.1, -0.05) is 0 Å². The lowest BCUT2D eigenvalue weighted by Gasteiger charge is -2.34. The number of aliphatic carboxylic acids is 1.